The van der Waals surface area contributed by atoms with Crippen LogP contribution in [-0.4, -0.2) is 37.7 Å². The predicted octanol–water partition coefficient (Wildman–Crippen LogP) is 3.20. The SMILES string of the molecule is COC(=O)CNC(=O)Nc1ccc2nc(-c3ccccc3)cc(OC)c2c1. The fraction of sp³-hybridized carbons (Fsp3) is 0.150. The van der Waals surface area contributed by atoms with Crippen LogP contribution in [0.3, 0.4) is 0 Å². The van der Waals surface area contributed by atoms with Crippen molar-refractivity contribution >= 4 is 28.6 Å². The second kappa shape index (κ2) is 8.18. The van der Waals surface area contributed by atoms with E-state index in [4.69, 9.17) is 4.74 Å². The third kappa shape index (κ3) is 4.33. The van der Waals surface area contributed by atoms with Crippen LogP contribution in [0.4, 0.5) is 10.5 Å². The molecule has 0 saturated carbocycles. The van der Waals surface area contributed by atoms with E-state index < -0.39 is 12.0 Å². The van der Waals surface area contributed by atoms with Crippen LogP contribution in [0.25, 0.3) is 22.2 Å². The van der Waals surface area contributed by atoms with Gasteiger partial charge < -0.3 is 20.1 Å². The van der Waals surface area contributed by atoms with Gasteiger partial charge in [-0.3, -0.25) is 4.79 Å². The number of nitrogens with one attached hydrogen (secondary N) is 2. The quantitative estimate of drug-likeness (QED) is 0.678. The number of fused-ring (bicyclic) bond motifs is 1. The van der Waals surface area contributed by atoms with Crippen LogP contribution < -0.4 is 15.4 Å². The molecule has 0 atom stereocenters. The van der Waals surface area contributed by atoms with Crippen LogP contribution >= 0.6 is 0 Å². The fourth-order valence-corrected chi connectivity index (χ4v) is 2.60. The summed E-state index contributed by atoms with van der Waals surface area (Å²) < 4.78 is 9.99. The van der Waals surface area contributed by atoms with Gasteiger partial charge in [0, 0.05) is 22.7 Å². The molecule has 1 heterocycles. The zero-order valence-electron chi connectivity index (χ0n) is 15.0. The highest BCUT2D eigenvalue weighted by Gasteiger charge is 2.11. The minimum atomic E-state index is -0.525. The molecule has 3 aromatic rings. The third-order valence-corrected chi connectivity index (χ3v) is 3.94. The molecule has 2 N–H and O–H groups in total. The van der Waals surface area contributed by atoms with Crippen LogP contribution in [-0.2, 0) is 9.53 Å². The standard InChI is InChI=1S/C20H19N3O4/c1-26-18-11-17(13-6-4-3-5-7-13)23-16-9-8-14(10-15(16)18)22-20(25)21-12-19(24)27-2/h3-11H,12H2,1-2H3,(H2,21,22,25). The van der Waals surface area contributed by atoms with Crippen LogP contribution in [0.5, 0.6) is 5.75 Å². The van der Waals surface area contributed by atoms with E-state index in [1.807, 2.05) is 36.4 Å². The number of ether oxygens (including phenoxy) is 2. The van der Waals surface area contributed by atoms with Crippen molar-refractivity contribution in [1.29, 1.82) is 0 Å². The summed E-state index contributed by atoms with van der Waals surface area (Å²) in [6.45, 7) is -0.207. The Hall–Kier alpha value is -3.61. The zero-order chi connectivity index (χ0) is 19.2. The topological polar surface area (TPSA) is 89.5 Å². The molecule has 7 heteroatoms. The normalized spacial score (nSPS) is 10.3. The molecule has 0 bridgehead atoms. The monoisotopic (exact) mass is 365 g/mol. The number of anilines is 1. The summed E-state index contributed by atoms with van der Waals surface area (Å²) in [5, 5.41) is 5.85. The maximum Gasteiger partial charge on any atom is 0.325 e. The van der Waals surface area contributed by atoms with Crippen molar-refractivity contribution < 1.29 is 19.1 Å². The number of hydrogen-bond acceptors (Lipinski definition) is 5. The number of methoxy groups -OCH3 is 2. The van der Waals surface area contributed by atoms with Crippen molar-refractivity contribution in [1.82, 2.24) is 10.3 Å². The summed E-state index contributed by atoms with van der Waals surface area (Å²) in [5.74, 6) is 0.125. The average molecular weight is 365 g/mol. The Morgan fingerprint density at radius 3 is 2.52 bits per heavy atom. The fourth-order valence-electron chi connectivity index (χ4n) is 2.60. The van der Waals surface area contributed by atoms with Crippen molar-refractivity contribution in [3.8, 4) is 17.0 Å². The number of nitrogens with zero attached hydrogens (tertiary/aromatic N) is 1. The van der Waals surface area contributed by atoms with Gasteiger partial charge in [-0.1, -0.05) is 30.3 Å². The molecule has 0 saturated heterocycles. The number of carbonyl (C=O) groups is 2. The van der Waals surface area contributed by atoms with E-state index in [1.165, 1.54) is 7.11 Å². The molecule has 2 aromatic carbocycles. The van der Waals surface area contributed by atoms with E-state index in [1.54, 1.807) is 25.3 Å². The van der Waals surface area contributed by atoms with Crippen LogP contribution in [0.2, 0.25) is 0 Å². The van der Waals surface area contributed by atoms with Crippen LogP contribution in [0.15, 0.2) is 54.6 Å². The van der Waals surface area contributed by atoms with E-state index in [0.29, 0.717) is 11.4 Å². The molecular formula is C20H19N3O4. The largest absolute Gasteiger partial charge is 0.496 e. The Kier molecular flexibility index (Phi) is 5.51. The van der Waals surface area contributed by atoms with Gasteiger partial charge in [0.2, 0.25) is 0 Å². The Bertz CT molecular complexity index is 974. The number of urea groups is 1. The Morgan fingerprint density at radius 2 is 1.81 bits per heavy atom. The molecule has 138 valence electrons. The van der Waals surface area contributed by atoms with Crippen molar-refractivity contribution in [2.75, 3.05) is 26.1 Å². The van der Waals surface area contributed by atoms with E-state index in [0.717, 1.165) is 22.2 Å². The van der Waals surface area contributed by atoms with Gasteiger partial charge in [-0.25, -0.2) is 9.78 Å². The highest BCUT2D eigenvalue weighted by molar-refractivity contribution is 5.96. The van der Waals surface area contributed by atoms with Gasteiger partial charge in [0.25, 0.3) is 0 Å². The minimum Gasteiger partial charge on any atom is -0.496 e. The number of hydrogen-bond donors (Lipinski definition) is 2. The minimum absolute atomic E-state index is 0.207. The van der Waals surface area contributed by atoms with E-state index >= 15 is 0 Å². The van der Waals surface area contributed by atoms with Crippen molar-refractivity contribution in [2.45, 2.75) is 0 Å². The molecule has 0 aliphatic heterocycles. The van der Waals surface area contributed by atoms with Gasteiger partial charge in [-0.15, -0.1) is 0 Å². The number of amides is 2. The number of aromatic nitrogens is 1. The van der Waals surface area contributed by atoms with Crippen LogP contribution in [0.1, 0.15) is 0 Å². The number of benzene rings is 2. The molecule has 1 aromatic heterocycles. The summed E-state index contributed by atoms with van der Waals surface area (Å²) in [6, 6.07) is 16.5. The first-order valence-electron chi connectivity index (χ1n) is 8.26. The molecule has 0 radical (unpaired) electrons. The van der Waals surface area contributed by atoms with Gasteiger partial charge in [0.15, 0.2) is 0 Å². The lowest BCUT2D eigenvalue weighted by Gasteiger charge is -2.11. The van der Waals surface area contributed by atoms with Gasteiger partial charge in [0.05, 0.1) is 25.4 Å². The predicted molar refractivity (Wildman–Crippen MR) is 103 cm³/mol. The molecule has 3 rings (SSSR count). The van der Waals surface area contributed by atoms with E-state index in [-0.39, 0.29) is 6.54 Å². The summed E-state index contributed by atoms with van der Waals surface area (Å²) >= 11 is 0. The Balaban J connectivity index is 1.87. The average Bonchev–Trinajstić information content (AvgIpc) is 2.71. The first-order chi connectivity index (χ1) is 13.1. The van der Waals surface area contributed by atoms with Gasteiger partial charge in [-0.05, 0) is 18.2 Å². The maximum atomic E-state index is 11.9. The van der Waals surface area contributed by atoms with Crippen molar-refractivity contribution in [2.24, 2.45) is 0 Å². The van der Waals surface area contributed by atoms with E-state index in [2.05, 4.69) is 20.4 Å². The van der Waals surface area contributed by atoms with Gasteiger partial charge >= 0.3 is 12.0 Å². The highest BCUT2D eigenvalue weighted by Crippen LogP contribution is 2.31. The second-order valence-electron chi connectivity index (χ2n) is 5.69. The lowest BCUT2D eigenvalue weighted by Crippen LogP contribution is -2.33. The molecular weight excluding hydrogens is 346 g/mol. The lowest BCUT2D eigenvalue weighted by atomic mass is 10.1. The van der Waals surface area contributed by atoms with E-state index in [9.17, 15) is 9.59 Å². The third-order valence-electron chi connectivity index (χ3n) is 3.94. The Labute approximate surface area is 156 Å². The molecule has 27 heavy (non-hydrogen) atoms. The smallest absolute Gasteiger partial charge is 0.325 e. The molecule has 0 aliphatic carbocycles. The summed E-state index contributed by atoms with van der Waals surface area (Å²) in [6.07, 6.45) is 0. The number of esters is 1. The number of rotatable bonds is 5. The Morgan fingerprint density at radius 1 is 1.04 bits per heavy atom. The number of carbonyl (C=O) groups excluding carboxylic acids is 2. The molecule has 0 fully saturated rings. The van der Waals surface area contributed by atoms with Gasteiger partial charge in [0.1, 0.15) is 12.3 Å². The lowest BCUT2D eigenvalue weighted by molar-refractivity contribution is -0.139. The zero-order valence-corrected chi connectivity index (χ0v) is 15.0. The molecule has 2 amide bonds. The van der Waals surface area contributed by atoms with Crippen molar-refractivity contribution in [3.63, 3.8) is 0 Å². The molecule has 0 spiro atoms. The highest BCUT2D eigenvalue weighted by atomic mass is 16.5. The second-order valence-corrected chi connectivity index (χ2v) is 5.69. The molecule has 7 nitrogen and oxygen atoms in total. The molecule has 0 aliphatic rings. The first kappa shape index (κ1) is 18.2. The van der Waals surface area contributed by atoms with Crippen LogP contribution in [0, 0.1) is 0 Å². The first-order valence-corrected chi connectivity index (χ1v) is 8.26. The van der Waals surface area contributed by atoms with Gasteiger partial charge in [-0.2, -0.15) is 0 Å². The summed E-state index contributed by atoms with van der Waals surface area (Å²) in [4.78, 5) is 27.6. The molecule has 0 unspecified atom stereocenters. The summed E-state index contributed by atoms with van der Waals surface area (Å²) in [5.41, 5.74) is 3.09. The summed E-state index contributed by atoms with van der Waals surface area (Å²) in [7, 11) is 2.85. The maximum absolute atomic E-state index is 11.9. The number of pyridine rings is 1. The van der Waals surface area contributed by atoms with Crippen molar-refractivity contribution in [3.05, 3.63) is 54.6 Å².